The maximum absolute atomic E-state index is 13.2. The van der Waals surface area contributed by atoms with Crippen molar-refractivity contribution in [3.63, 3.8) is 0 Å². The van der Waals surface area contributed by atoms with Crippen molar-refractivity contribution in [1.29, 1.82) is 0 Å². The number of rotatable bonds is 4. The molecule has 0 atom stereocenters. The van der Waals surface area contributed by atoms with Gasteiger partial charge in [0, 0.05) is 64.3 Å². The second-order valence-electron chi connectivity index (χ2n) is 8.66. The minimum atomic E-state index is -3.54. The van der Waals surface area contributed by atoms with Gasteiger partial charge in [-0.1, -0.05) is 18.2 Å². The minimum absolute atomic E-state index is 0.335. The van der Waals surface area contributed by atoms with Gasteiger partial charge in [-0.3, -0.25) is 0 Å². The monoisotopic (exact) mass is 442 g/mol. The normalized spacial score (nSPS) is 20.8. The summed E-state index contributed by atoms with van der Waals surface area (Å²) in [6.45, 7) is 6.57. The van der Waals surface area contributed by atoms with Crippen molar-refractivity contribution in [2.24, 2.45) is 0 Å². The van der Waals surface area contributed by atoms with E-state index < -0.39 is 10.0 Å². The molecule has 5 rings (SSSR count). The largest absolute Gasteiger partial charge is 0.356 e. The van der Waals surface area contributed by atoms with E-state index in [-0.39, 0.29) is 0 Å². The van der Waals surface area contributed by atoms with Crippen LogP contribution in [0.1, 0.15) is 24.1 Å². The van der Waals surface area contributed by atoms with E-state index in [9.17, 15) is 8.42 Å². The zero-order valence-corrected chi connectivity index (χ0v) is 18.9. The highest BCUT2D eigenvalue weighted by Crippen LogP contribution is 2.33. The fourth-order valence-electron chi connectivity index (χ4n) is 4.64. The zero-order valence-electron chi connectivity index (χ0n) is 18.1. The van der Waals surface area contributed by atoms with Gasteiger partial charge in [0.05, 0.1) is 10.6 Å². The molecule has 0 unspecified atom stereocenters. The third-order valence-electron chi connectivity index (χ3n) is 6.56. The van der Waals surface area contributed by atoms with E-state index in [0.717, 1.165) is 75.1 Å². The van der Waals surface area contributed by atoms with Crippen molar-refractivity contribution < 1.29 is 8.42 Å². The third kappa shape index (κ3) is 4.02. The van der Waals surface area contributed by atoms with Crippen molar-refractivity contribution in [3.05, 3.63) is 41.6 Å². The Morgan fingerprint density at radius 3 is 2.26 bits per heavy atom. The van der Waals surface area contributed by atoms with Crippen LogP contribution < -0.4 is 9.80 Å². The van der Waals surface area contributed by atoms with Gasteiger partial charge in [0.2, 0.25) is 16.0 Å². The van der Waals surface area contributed by atoms with Crippen molar-refractivity contribution in [2.75, 3.05) is 62.7 Å². The van der Waals surface area contributed by atoms with Gasteiger partial charge in [0.15, 0.2) is 0 Å². The Hall–Kier alpha value is -2.23. The standard InChI is InChI=1S/C22H30N6O2S/c1-25-13-15-27(16-14-25)22-23-20-9-12-28(31(29,30)18-7-3-2-4-8-18)17-19(20)21(24-22)26-10-5-6-11-26/h2-4,7-8H,5-6,9-17H2,1H3. The predicted octanol–water partition coefficient (Wildman–Crippen LogP) is 1.58. The molecular weight excluding hydrogens is 412 g/mol. The highest BCUT2D eigenvalue weighted by Gasteiger charge is 2.33. The summed E-state index contributed by atoms with van der Waals surface area (Å²) in [5, 5.41) is 0. The predicted molar refractivity (Wildman–Crippen MR) is 121 cm³/mol. The summed E-state index contributed by atoms with van der Waals surface area (Å²) >= 11 is 0. The van der Waals surface area contributed by atoms with Crippen LogP contribution >= 0.6 is 0 Å². The third-order valence-corrected chi connectivity index (χ3v) is 8.42. The van der Waals surface area contributed by atoms with Crippen LogP contribution in [0, 0.1) is 0 Å². The summed E-state index contributed by atoms with van der Waals surface area (Å²) in [7, 11) is -1.40. The van der Waals surface area contributed by atoms with Crippen molar-refractivity contribution in [1.82, 2.24) is 19.2 Å². The topological polar surface area (TPSA) is 72.9 Å². The van der Waals surface area contributed by atoms with Gasteiger partial charge in [-0.15, -0.1) is 0 Å². The minimum Gasteiger partial charge on any atom is -0.356 e. The molecule has 0 radical (unpaired) electrons. The van der Waals surface area contributed by atoms with E-state index in [2.05, 4.69) is 21.7 Å². The molecular formula is C22H30N6O2S. The number of hydrogen-bond donors (Lipinski definition) is 0. The van der Waals surface area contributed by atoms with Gasteiger partial charge >= 0.3 is 0 Å². The van der Waals surface area contributed by atoms with Crippen LogP contribution in [0.5, 0.6) is 0 Å². The maximum atomic E-state index is 13.2. The molecule has 0 N–H and O–H groups in total. The number of aromatic nitrogens is 2. The lowest BCUT2D eigenvalue weighted by Crippen LogP contribution is -2.45. The van der Waals surface area contributed by atoms with Crippen LogP contribution in [0.2, 0.25) is 0 Å². The lowest BCUT2D eigenvalue weighted by atomic mass is 10.1. The number of anilines is 2. The average Bonchev–Trinajstić information content (AvgIpc) is 3.34. The van der Waals surface area contributed by atoms with Gasteiger partial charge < -0.3 is 14.7 Å². The number of hydrogen-bond acceptors (Lipinski definition) is 7. The Balaban J connectivity index is 1.49. The second kappa shape index (κ2) is 8.37. The first-order valence-corrected chi connectivity index (χ1v) is 12.6. The van der Waals surface area contributed by atoms with Crippen molar-refractivity contribution in [3.8, 4) is 0 Å². The first kappa shape index (κ1) is 20.7. The van der Waals surface area contributed by atoms with Gasteiger partial charge in [-0.2, -0.15) is 9.29 Å². The van der Waals surface area contributed by atoms with E-state index in [4.69, 9.17) is 9.97 Å². The molecule has 2 fully saturated rings. The Kier molecular flexibility index (Phi) is 5.58. The first-order valence-electron chi connectivity index (χ1n) is 11.2. The second-order valence-corrected chi connectivity index (χ2v) is 10.6. The summed E-state index contributed by atoms with van der Waals surface area (Å²) in [5.74, 6) is 1.73. The molecule has 3 aliphatic rings. The number of piperazine rings is 1. The number of sulfonamides is 1. The van der Waals surface area contributed by atoms with Crippen LogP contribution in [0.4, 0.5) is 11.8 Å². The lowest BCUT2D eigenvalue weighted by molar-refractivity contribution is 0.310. The Bertz CT molecular complexity index is 1030. The molecule has 166 valence electrons. The van der Waals surface area contributed by atoms with Crippen molar-refractivity contribution in [2.45, 2.75) is 30.7 Å². The van der Waals surface area contributed by atoms with Crippen LogP contribution in [0.25, 0.3) is 0 Å². The maximum Gasteiger partial charge on any atom is 0.243 e. The van der Waals surface area contributed by atoms with E-state index in [0.29, 0.717) is 24.4 Å². The molecule has 1 aromatic heterocycles. The number of likely N-dealkylation sites (N-methyl/N-ethyl adjacent to an activating group) is 1. The quantitative estimate of drug-likeness (QED) is 0.712. The number of nitrogens with zero attached hydrogens (tertiary/aromatic N) is 6. The molecule has 0 aliphatic carbocycles. The molecule has 1 aromatic carbocycles. The van der Waals surface area contributed by atoms with Crippen LogP contribution in [0.15, 0.2) is 35.2 Å². The molecule has 9 heteroatoms. The fraction of sp³-hybridized carbons (Fsp3) is 0.545. The van der Waals surface area contributed by atoms with Crippen molar-refractivity contribution >= 4 is 21.8 Å². The van der Waals surface area contributed by atoms with Gasteiger partial charge in [0.25, 0.3) is 0 Å². The van der Waals surface area contributed by atoms with E-state index in [1.54, 1.807) is 28.6 Å². The van der Waals surface area contributed by atoms with E-state index in [1.807, 2.05) is 6.07 Å². The molecule has 2 saturated heterocycles. The average molecular weight is 443 g/mol. The van der Waals surface area contributed by atoms with Gasteiger partial charge in [-0.25, -0.2) is 13.4 Å². The van der Waals surface area contributed by atoms with E-state index >= 15 is 0 Å². The molecule has 0 bridgehead atoms. The lowest BCUT2D eigenvalue weighted by Gasteiger charge is -2.35. The van der Waals surface area contributed by atoms with E-state index in [1.165, 1.54) is 0 Å². The Labute approximate surface area is 184 Å². The first-order chi connectivity index (χ1) is 15.0. The summed E-state index contributed by atoms with van der Waals surface area (Å²) in [5.41, 5.74) is 1.98. The highest BCUT2D eigenvalue weighted by molar-refractivity contribution is 7.89. The molecule has 2 aromatic rings. The summed E-state index contributed by atoms with van der Waals surface area (Å²) in [6.07, 6.45) is 2.91. The van der Waals surface area contributed by atoms with Crippen LogP contribution in [-0.2, 0) is 23.0 Å². The molecule has 4 heterocycles. The molecule has 0 saturated carbocycles. The van der Waals surface area contributed by atoms with Crippen LogP contribution in [-0.4, -0.2) is 80.5 Å². The van der Waals surface area contributed by atoms with Gasteiger partial charge in [0.1, 0.15) is 5.82 Å². The molecule has 0 spiro atoms. The van der Waals surface area contributed by atoms with Gasteiger partial charge in [-0.05, 0) is 32.0 Å². The molecule has 8 nitrogen and oxygen atoms in total. The highest BCUT2D eigenvalue weighted by atomic mass is 32.2. The number of fused-ring (bicyclic) bond motifs is 1. The van der Waals surface area contributed by atoms with Crippen LogP contribution in [0.3, 0.4) is 0 Å². The molecule has 3 aliphatic heterocycles. The zero-order chi connectivity index (χ0) is 21.4. The summed E-state index contributed by atoms with van der Waals surface area (Å²) < 4.78 is 28.1. The smallest absolute Gasteiger partial charge is 0.243 e. The SMILES string of the molecule is CN1CCN(c2nc3c(c(N4CCCC4)n2)CN(S(=O)(=O)c2ccccc2)CC3)CC1. The Morgan fingerprint density at radius 1 is 0.839 bits per heavy atom. The molecule has 31 heavy (non-hydrogen) atoms. The number of benzene rings is 1. The fourth-order valence-corrected chi connectivity index (χ4v) is 6.07. The Morgan fingerprint density at radius 2 is 1.55 bits per heavy atom. The summed E-state index contributed by atoms with van der Waals surface area (Å²) in [4.78, 5) is 17.2. The molecule has 0 amide bonds. The summed E-state index contributed by atoms with van der Waals surface area (Å²) in [6, 6.07) is 8.71.